The van der Waals surface area contributed by atoms with E-state index in [-0.39, 0.29) is 18.1 Å². The number of rotatable bonds is 4. The number of aromatic nitrogens is 8. The summed E-state index contributed by atoms with van der Waals surface area (Å²) in [5.74, 6) is 0.657. The Bertz CT molecular complexity index is 1840. The number of nitrogens with zero attached hydrogens (tertiary/aromatic N) is 7. The summed E-state index contributed by atoms with van der Waals surface area (Å²) in [6.45, 7) is 0.208. The third-order valence-electron chi connectivity index (χ3n) is 6.23. The first kappa shape index (κ1) is 22.7. The Morgan fingerprint density at radius 3 is 2.51 bits per heavy atom. The second kappa shape index (κ2) is 8.15. The molecule has 0 fully saturated rings. The number of benzene rings is 2. The fraction of sp³-hybridized carbons (Fsp3) is 0.160. The summed E-state index contributed by atoms with van der Waals surface area (Å²) in [4.78, 5) is 28.4. The quantitative estimate of drug-likeness (QED) is 0.389. The number of fused-ring (bicyclic) bond motifs is 2. The molecule has 4 heterocycles. The molecular weight excluding hydrogens is 485 g/mol. The zero-order chi connectivity index (χ0) is 25.9. The van der Waals surface area contributed by atoms with Crippen molar-refractivity contribution in [2.75, 3.05) is 0 Å². The first-order valence-corrected chi connectivity index (χ1v) is 11.3. The summed E-state index contributed by atoms with van der Waals surface area (Å²) in [6.07, 6.45) is -0.219. The highest BCUT2D eigenvalue weighted by Crippen LogP contribution is 2.31. The Morgan fingerprint density at radius 1 is 1.00 bits per heavy atom. The molecule has 0 aliphatic rings. The number of imidazole rings is 2. The lowest BCUT2D eigenvalue weighted by atomic mass is 10.1. The highest BCUT2D eigenvalue weighted by atomic mass is 19.4. The molecule has 0 amide bonds. The molecule has 0 saturated heterocycles. The maximum absolute atomic E-state index is 13.0. The van der Waals surface area contributed by atoms with Crippen molar-refractivity contribution >= 4 is 22.1 Å². The van der Waals surface area contributed by atoms with Crippen molar-refractivity contribution < 1.29 is 13.2 Å². The van der Waals surface area contributed by atoms with Gasteiger partial charge in [-0.15, -0.1) is 0 Å². The second-order valence-corrected chi connectivity index (χ2v) is 8.71. The number of halogens is 3. The van der Waals surface area contributed by atoms with Crippen LogP contribution in [0.5, 0.6) is 0 Å². The lowest BCUT2D eigenvalue weighted by Gasteiger charge is -2.07. The van der Waals surface area contributed by atoms with E-state index in [9.17, 15) is 18.0 Å². The second-order valence-electron chi connectivity index (χ2n) is 8.71. The lowest BCUT2D eigenvalue weighted by molar-refractivity contribution is -0.140. The van der Waals surface area contributed by atoms with Gasteiger partial charge in [0.25, 0.3) is 0 Å². The summed E-state index contributed by atoms with van der Waals surface area (Å²) < 4.78 is 43.7. The summed E-state index contributed by atoms with van der Waals surface area (Å²) in [5.41, 5.74) is 2.61. The van der Waals surface area contributed by atoms with Gasteiger partial charge < -0.3 is 9.55 Å². The van der Waals surface area contributed by atoms with E-state index in [1.165, 1.54) is 16.2 Å². The number of para-hydroxylation sites is 1. The predicted octanol–water partition coefficient (Wildman–Crippen LogP) is 4.14. The van der Waals surface area contributed by atoms with E-state index in [0.717, 1.165) is 28.2 Å². The molecule has 12 heteroatoms. The van der Waals surface area contributed by atoms with Crippen molar-refractivity contribution in [1.29, 1.82) is 0 Å². The molecule has 0 atom stereocenters. The van der Waals surface area contributed by atoms with Crippen LogP contribution in [0.3, 0.4) is 0 Å². The number of hydrogen-bond acceptors (Lipinski definition) is 5. The molecule has 0 radical (unpaired) electrons. The summed E-state index contributed by atoms with van der Waals surface area (Å²) >= 11 is 0. The van der Waals surface area contributed by atoms with Crippen LogP contribution in [-0.2, 0) is 26.8 Å². The van der Waals surface area contributed by atoms with Crippen LogP contribution >= 0.6 is 0 Å². The summed E-state index contributed by atoms with van der Waals surface area (Å²) in [6, 6.07) is 12.6. The van der Waals surface area contributed by atoms with E-state index < -0.39 is 11.9 Å². The van der Waals surface area contributed by atoms with Crippen molar-refractivity contribution in [3.8, 4) is 22.8 Å². The average molecular weight is 504 g/mol. The number of hydrogen-bond donors (Lipinski definition) is 1. The molecule has 37 heavy (non-hydrogen) atoms. The Kier molecular flexibility index (Phi) is 5.00. The summed E-state index contributed by atoms with van der Waals surface area (Å²) in [5, 5.41) is 5.26. The number of nitrogens with one attached hydrogen (secondary N) is 1. The van der Waals surface area contributed by atoms with Crippen molar-refractivity contribution in [2.24, 2.45) is 14.1 Å². The number of alkyl halides is 3. The van der Waals surface area contributed by atoms with Crippen LogP contribution in [-0.4, -0.2) is 38.9 Å². The van der Waals surface area contributed by atoms with Gasteiger partial charge in [-0.2, -0.15) is 18.3 Å². The van der Waals surface area contributed by atoms with Crippen LogP contribution < -0.4 is 5.69 Å². The zero-order valence-corrected chi connectivity index (χ0v) is 19.7. The normalized spacial score (nSPS) is 12.1. The zero-order valence-electron chi connectivity index (χ0n) is 19.7. The minimum Gasteiger partial charge on any atom is -0.333 e. The first-order valence-electron chi connectivity index (χ1n) is 11.3. The van der Waals surface area contributed by atoms with E-state index in [2.05, 4.69) is 20.1 Å². The summed E-state index contributed by atoms with van der Waals surface area (Å²) in [7, 11) is 3.36. The van der Waals surface area contributed by atoms with Gasteiger partial charge in [-0.3, -0.25) is 9.25 Å². The van der Waals surface area contributed by atoms with Crippen LogP contribution in [0.1, 0.15) is 11.3 Å². The van der Waals surface area contributed by atoms with Gasteiger partial charge in [-0.25, -0.2) is 19.7 Å². The van der Waals surface area contributed by atoms with Crippen LogP contribution in [0.2, 0.25) is 0 Å². The van der Waals surface area contributed by atoms with Crippen LogP contribution in [0.25, 0.3) is 44.8 Å². The number of H-pyrrole nitrogens is 1. The average Bonchev–Trinajstić information content (AvgIpc) is 3.54. The standard InChI is InChI=1S/C25H19F3N8O/c1-34-13-19(25(26,27)28)32-22(34)15-8-6-14(7-9-15)12-36-23-18(31-24(36)37)11-29-21(33-23)17-5-3-4-16-10-30-35(2)20(16)17/h3-11,13H,12H2,1-2H3,(H,31,37). The molecule has 6 rings (SSSR count). The highest BCUT2D eigenvalue weighted by molar-refractivity contribution is 5.92. The fourth-order valence-corrected chi connectivity index (χ4v) is 4.45. The largest absolute Gasteiger partial charge is 0.434 e. The molecule has 0 aliphatic heterocycles. The van der Waals surface area contributed by atoms with Crippen molar-refractivity contribution in [3.63, 3.8) is 0 Å². The molecule has 4 aromatic heterocycles. The Labute approximate surface area is 206 Å². The molecule has 2 aromatic carbocycles. The number of aromatic amines is 1. The molecule has 6 aromatic rings. The Morgan fingerprint density at radius 2 is 1.78 bits per heavy atom. The van der Waals surface area contributed by atoms with Gasteiger partial charge in [0.05, 0.1) is 24.5 Å². The third kappa shape index (κ3) is 3.86. The van der Waals surface area contributed by atoms with Crippen LogP contribution in [0.15, 0.2) is 65.8 Å². The van der Waals surface area contributed by atoms with Gasteiger partial charge >= 0.3 is 11.9 Å². The van der Waals surface area contributed by atoms with Crippen LogP contribution in [0.4, 0.5) is 13.2 Å². The van der Waals surface area contributed by atoms with Gasteiger partial charge in [0.2, 0.25) is 0 Å². The fourth-order valence-electron chi connectivity index (χ4n) is 4.45. The molecule has 0 aliphatic carbocycles. The molecule has 9 nitrogen and oxygen atoms in total. The van der Waals surface area contributed by atoms with Gasteiger partial charge in [0, 0.05) is 36.8 Å². The maximum atomic E-state index is 13.0. The molecule has 0 spiro atoms. The molecular formula is C25H19F3N8O. The van der Waals surface area contributed by atoms with Crippen molar-refractivity contribution in [2.45, 2.75) is 12.7 Å². The van der Waals surface area contributed by atoms with Crippen molar-refractivity contribution in [1.82, 2.24) is 38.9 Å². The minimum absolute atomic E-state index is 0.199. The van der Waals surface area contributed by atoms with Crippen LogP contribution in [0, 0.1) is 0 Å². The molecule has 1 N–H and O–H groups in total. The van der Waals surface area contributed by atoms with Gasteiger partial charge in [0.1, 0.15) is 11.3 Å². The minimum atomic E-state index is -4.52. The monoisotopic (exact) mass is 504 g/mol. The van der Waals surface area contributed by atoms with E-state index >= 15 is 0 Å². The van der Waals surface area contributed by atoms with E-state index in [0.29, 0.717) is 22.6 Å². The maximum Gasteiger partial charge on any atom is 0.434 e. The predicted molar refractivity (Wildman–Crippen MR) is 131 cm³/mol. The SMILES string of the molecule is Cn1cc(C(F)(F)F)nc1-c1ccc(Cn2c(=O)[nH]c3cnc(-c4cccc5cnn(C)c45)nc32)cc1. The third-order valence-corrected chi connectivity index (χ3v) is 6.23. The van der Waals surface area contributed by atoms with Gasteiger partial charge in [0.15, 0.2) is 17.2 Å². The Balaban J connectivity index is 1.35. The van der Waals surface area contributed by atoms with E-state index in [1.54, 1.807) is 41.3 Å². The van der Waals surface area contributed by atoms with E-state index in [4.69, 9.17) is 4.98 Å². The topological polar surface area (TPSA) is 99.2 Å². The molecule has 0 bridgehead atoms. The molecule has 0 saturated carbocycles. The molecule has 0 unspecified atom stereocenters. The smallest absolute Gasteiger partial charge is 0.333 e. The Hall–Kier alpha value is -4.74. The highest BCUT2D eigenvalue weighted by Gasteiger charge is 2.34. The first-order chi connectivity index (χ1) is 17.7. The van der Waals surface area contributed by atoms with E-state index in [1.807, 2.05) is 25.2 Å². The van der Waals surface area contributed by atoms with Crippen molar-refractivity contribution in [3.05, 3.63) is 82.8 Å². The molecule has 186 valence electrons. The van der Waals surface area contributed by atoms with Gasteiger partial charge in [-0.1, -0.05) is 36.4 Å². The van der Waals surface area contributed by atoms with Gasteiger partial charge in [-0.05, 0) is 11.6 Å². The lowest BCUT2D eigenvalue weighted by Crippen LogP contribution is -2.17. The number of aryl methyl sites for hydroxylation is 2.